The predicted octanol–water partition coefficient (Wildman–Crippen LogP) is 2.83. The molecule has 1 aliphatic rings. The van der Waals surface area contributed by atoms with Gasteiger partial charge >= 0.3 is 0 Å². The van der Waals surface area contributed by atoms with E-state index in [1.165, 1.54) is 11.3 Å². The van der Waals surface area contributed by atoms with Gasteiger partial charge in [0.1, 0.15) is 0 Å². The van der Waals surface area contributed by atoms with Crippen molar-refractivity contribution in [3.63, 3.8) is 0 Å². The fourth-order valence-electron chi connectivity index (χ4n) is 3.86. The van der Waals surface area contributed by atoms with E-state index in [-0.39, 0.29) is 24.9 Å². The number of hydrogen-bond acceptors (Lipinski definition) is 4. The van der Waals surface area contributed by atoms with Crippen LogP contribution in [0, 0.1) is 20.8 Å². The topological polar surface area (TPSA) is 55.9 Å². The van der Waals surface area contributed by atoms with Crippen LogP contribution in [0.25, 0.3) is 0 Å². The summed E-state index contributed by atoms with van der Waals surface area (Å²) in [4.78, 5) is 31.1. The molecule has 1 fully saturated rings. The van der Waals surface area contributed by atoms with E-state index in [9.17, 15) is 9.59 Å². The molecule has 0 bridgehead atoms. The van der Waals surface area contributed by atoms with Crippen molar-refractivity contribution in [1.29, 1.82) is 0 Å². The molecule has 1 heterocycles. The number of nitrogens with zero attached hydrogens (tertiary/aromatic N) is 3. The SMILES string of the molecule is Cc1cccc(N2CCN(C(=O)CN(C)CC(=O)Nc3c(C)cccc3C)CC2)c1. The van der Waals surface area contributed by atoms with E-state index < -0.39 is 0 Å². The number of amides is 2. The zero-order valence-electron chi connectivity index (χ0n) is 18.4. The summed E-state index contributed by atoms with van der Waals surface area (Å²) in [6.45, 7) is 9.53. The van der Waals surface area contributed by atoms with E-state index in [0.717, 1.165) is 29.9 Å². The number of nitrogens with one attached hydrogen (secondary N) is 1. The summed E-state index contributed by atoms with van der Waals surface area (Å²) in [5.41, 5.74) is 5.38. The Bertz CT molecular complexity index is 884. The first-order valence-corrected chi connectivity index (χ1v) is 10.5. The molecule has 0 saturated carbocycles. The van der Waals surface area contributed by atoms with Crippen LogP contribution in [0.5, 0.6) is 0 Å². The second kappa shape index (κ2) is 9.76. The van der Waals surface area contributed by atoms with Gasteiger partial charge in [0, 0.05) is 37.6 Å². The Morgan fingerprint density at radius 3 is 2.20 bits per heavy atom. The maximum absolute atomic E-state index is 12.7. The van der Waals surface area contributed by atoms with E-state index in [2.05, 4.69) is 41.4 Å². The molecule has 2 aromatic rings. The van der Waals surface area contributed by atoms with Crippen LogP contribution in [-0.4, -0.2) is 67.9 Å². The first-order chi connectivity index (χ1) is 14.3. The Balaban J connectivity index is 1.46. The Hall–Kier alpha value is -2.86. The van der Waals surface area contributed by atoms with Crippen molar-refractivity contribution in [3.8, 4) is 0 Å². The molecule has 0 unspecified atom stereocenters. The number of piperazine rings is 1. The molecule has 0 radical (unpaired) electrons. The summed E-state index contributed by atoms with van der Waals surface area (Å²) in [6, 6.07) is 14.4. The molecule has 1 saturated heterocycles. The molecule has 2 amide bonds. The van der Waals surface area contributed by atoms with Crippen LogP contribution in [0.3, 0.4) is 0 Å². The predicted molar refractivity (Wildman–Crippen MR) is 122 cm³/mol. The summed E-state index contributed by atoms with van der Waals surface area (Å²) in [6.07, 6.45) is 0. The molecule has 1 aliphatic heterocycles. The minimum absolute atomic E-state index is 0.0706. The molecule has 0 spiro atoms. The quantitative estimate of drug-likeness (QED) is 0.799. The highest BCUT2D eigenvalue weighted by molar-refractivity contribution is 5.94. The second-order valence-electron chi connectivity index (χ2n) is 8.19. The summed E-state index contributed by atoms with van der Waals surface area (Å²) >= 11 is 0. The standard InChI is InChI=1S/C24H32N4O2/c1-18-7-5-10-21(15-18)27-11-13-28(14-12-27)23(30)17-26(4)16-22(29)25-24-19(2)8-6-9-20(24)3/h5-10,15H,11-14,16-17H2,1-4H3,(H,25,29). The van der Waals surface area contributed by atoms with Crippen LogP contribution in [0.1, 0.15) is 16.7 Å². The molecular weight excluding hydrogens is 376 g/mol. The number of aryl methyl sites for hydroxylation is 3. The third-order valence-corrected chi connectivity index (χ3v) is 5.56. The van der Waals surface area contributed by atoms with E-state index in [0.29, 0.717) is 13.1 Å². The lowest BCUT2D eigenvalue weighted by Crippen LogP contribution is -2.51. The summed E-state index contributed by atoms with van der Waals surface area (Å²) < 4.78 is 0. The molecule has 160 valence electrons. The highest BCUT2D eigenvalue weighted by Gasteiger charge is 2.22. The van der Waals surface area contributed by atoms with Gasteiger partial charge < -0.3 is 15.1 Å². The average molecular weight is 409 g/mol. The number of carbonyl (C=O) groups is 2. The van der Waals surface area contributed by atoms with Crippen LogP contribution in [0.15, 0.2) is 42.5 Å². The van der Waals surface area contributed by atoms with Gasteiger partial charge in [-0.25, -0.2) is 0 Å². The van der Waals surface area contributed by atoms with Gasteiger partial charge in [-0.05, 0) is 56.6 Å². The lowest BCUT2D eigenvalue weighted by molar-refractivity contribution is -0.132. The number of likely N-dealkylation sites (N-methyl/N-ethyl adjacent to an activating group) is 1. The fraction of sp³-hybridized carbons (Fsp3) is 0.417. The Morgan fingerprint density at radius 1 is 0.933 bits per heavy atom. The van der Waals surface area contributed by atoms with Crippen LogP contribution in [0.2, 0.25) is 0 Å². The van der Waals surface area contributed by atoms with Gasteiger partial charge in [-0.15, -0.1) is 0 Å². The van der Waals surface area contributed by atoms with Crippen LogP contribution >= 0.6 is 0 Å². The van der Waals surface area contributed by atoms with Gasteiger partial charge in [0.15, 0.2) is 0 Å². The van der Waals surface area contributed by atoms with E-state index in [1.807, 2.05) is 44.0 Å². The van der Waals surface area contributed by atoms with Crippen molar-refractivity contribution in [2.45, 2.75) is 20.8 Å². The number of anilines is 2. The Labute approximate surface area is 179 Å². The first kappa shape index (κ1) is 21.8. The van der Waals surface area contributed by atoms with Crippen molar-refractivity contribution in [2.75, 3.05) is 56.5 Å². The minimum Gasteiger partial charge on any atom is -0.368 e. The van der Waals surface area contributed by atoms with Crippen molar-refractivity contribution in [3.05, 3.63) is 59.2 Å². The summed E-state index contributed by atoms with van der Waals surface area (Å²) in [5.74, 6) is -0.0340. The maximum Gasteiger partial charge on any atom is 0.238 e. The molecule has 0 atom stereocenters. The molecule has 6 heteroatoms. The molecule has 6 nitrogen and oxygen atoms in total. The molecule has 1 N–H and O–H groups in total. The van der Waals surface area contributed by atoms with Gasteiger partial charge in [-0.2, -0.15) is 0 Å². The number of carbonyl (C=O) groups excluding carboxylic acids is 2. The highest BCUT2D eigenvalue weighted by atomic mass is 16.2. The molecule has 2 aromatic carbocycles. The van der Waals surface area contributed by atoms with Gasteiger partial charge in [0.05, 0.1) is 13.1 Å². The molecular formula is C24H32N4O2. The lowest BCUT2D eigenvalue weighted by Gasteiger charge is -2.36. The monoisotopic (exact) mass is 408 g/mol. The maximum atomic E-state index is 12.7. The van der Waals surface area contributed by atoms with Gasteiger partial charge in [-0.3, -0.25) is 14.5 Å². The van der Waals surface area contributed by atoms with Crippen molar-refractivity contribution in [1.82, 2.24) is 9.80 Å². The smallest absolute Gasteiger partial charge is 0.238 e. The molecule has 3 rings (SSSR count). The van der Waals surface area contributed by atoms with Crippen molar-refractivity contribution in [2.24, 2.45) is 0 Å². The van der Waals surface area contributed by atoms with Crippen LogP contribution < -0.4 is 10.2 Å². The Kier molecular flexibility index (Phi) is 7.11. The van der Waals surface area contributed by atoms with E-state index in [4.69, 9.17) is 0 Å². The normalized spacial score (nSPS) is 14.2. The number of hydrogen-bond donors (Lipinski definition) is 1. The third-order valence-electron chi connectivity index (χ3n) is 5.56. The summed E-state index contributed by atoms with van der Waals surface area (Å²) in [7, 11) is 1.81. The minimum atomic E-state index is -0.105. The zero-order valence-corrected chi connectivity index (χ0v) is 18.4. The largest absolute Gasteiger partial charge is 0.368 e. The van der Waals surface area contributed by atoms with Crippen LogP contribution in [0.4, 0.5) is 11.4 Å². The van der Waals surface area contributed by atoms with E-state index in [1.54, 1.807) is 4.90 Å². The van der Waals surface area contributed by atoms with Crippen molar-refractivity contribution < 1.29 is 9.59 Å². The number of para-hydroxylation sites is 1. The number of rotatable bonds is 6. The first-order valence-electron chi connectivity index (χ1n) is 10.5. The molecule has 30 heavy (non-hydrogen) atoms. The highest BCUT2D eigenvalue weighted by Crippen LogP contribution is 2.19. The van der Waals surface area contributed by atoms with Gasteiger partial charge in [-0.1, -0.05) is 30.3 Å². The molecule has 0 aliphatic carbocycles. The van der Waals surface area contributed by atoms with Gasteiger partial charge in [0.2, 0.25) is 11.8 Å². The summed E-state index contributed by atoms with van der Waals surface area (Å²) in [5, 5.41) is 2.98. The van der Waals surface area contributed by atoms with Crippen LogP contribution in [-0.2, 0) is 9.59 Å². The Morgan fingerprint density at radius 2 is 1.57 bits per heavy atom. The fourth-order valence-corrected chi connectivity index (χ4v) is 3.86. The van der Waals surface area contributed by atoms with Gasteiger partial charge in [0.25, 0.3) is 0 Å². The third kappa shape index (κ3) is 5.60. The molecule has 0 aromatic heterocycles. The number of benzene rings is 2. The average Bonchev–Trinajstić information content (AvgIpc) is 2.71. The van der Waals surface area contributed by atoms with E-state index >= 15 is 0 Å². The van der Waals surface area contributed by atoms with Crippen molar-refractivity contribution >= 4 is 23.2 Å². The lowest BCUT2D eigenvalue weighted by atomic mass is 10.1. The second-order valence-corrected chi connectivity index (χ2v) is 8.19. The zero-order chi connectivity index (χ0) is 21.7.